The lowest BCUT2D eigenvalue weighted by molar-refractivity contribution is -0.145. The summed E-state index contributed by atoms with van der Waals surface area (Å²) in [5.41, 5.74) is 0. The van der Waals surface area contributed by atoms with E-state index in [1.165, 1.54) is 32.1 Å². The lowest BCUT2D eigenvalue weighted by atomic mass is 9.96. The van der Waals surface area contributed by atoms with Crippen LogP contribution in [-0.2, 0) is 14.3 Å². The number of allylic oxidation sites excluding steroid dienone is 1. The van der Waals surface area contributed by atoms with E-state index in [1.54, 1.807) is 7.11 Å². The van der Waals surface area contributed by atoms with Gasteiger partial charge in [0.1, 0.15) is 6.10 Å². The summed E-state index contributed by atoms with van der Waals surface area (Å²) in [7, 11) is 1.55. The molecule has 0 bridgehead atoms. The topological polar surface area (TPSA) is 55.8 Å². The molecule has 1 aliphatic heterocycles. The molecule has 0 amide bonds. The summed E-state index contributed by atoms with van der Waals surface area (Å²) in [5, 5.41) is 9.71. The Morgan fingerprint density at radius 1 is 1.32 bits per heavy atom. The van der Waals surface area contributed by atoms with Crippen LogP contribution >= 0.6 is 0 Å². The molecule has 1 rings (SSSR count). The highest BCUT2D eigenvalue weighted by molar-refractivity contribution is 5.74. The van der Waals surface area contributed by atoms with Crippen molar-refractivity contribution in [1.29, 1.82) is 0 Å². The summed E-state index contributed by atoms with van der Waals surface area (Å²) < 4.78 is 10.3. The highest BCUT2D eigenvalue weighted by Crippen LogP contribution is 2.28. The molecule has 4 heteroatoms. The van der Waals surface area contributed by atoms with Gasteiger partial charge in [-0.3, -0.25) is 4.79 Å². The van der Waals surface area contributed by atoms with E-state index < -0.39 is 6.10 Å². The Labute approximate surface area is 134 Å². The molecule has 0 aromatic rings. The normalized spacial score (nSPS) is 22.5. The van der Waals surface area contributed by atoms with Crippen LogP contribution in [-0.4, -0.2) is 37.0 Å². The van der Waals surface area contributed by atoms with Gasteiger partial charge in [-0.05, 0) is 38.5 Å². The predicted octanol–water partition coefficient (Wildman–Crippen LogP) is 3.62. The fourth-order valence-corrected chi connectivity index (χ4v) is 3.05. The van der Waals surface area contributed by atoms with E-state index in [1.807, 2.05) is 6.08 Å². The van der Waals surface area contributed by atoms with E-state index >= 15 is 0 Å². The van der Waals surface area contributed by atoms with Gasteiger partial charge in [0.25, 0.3) is 0 Å². The van der Waals surface area contributed by atoms with Crippen LogP contribution in [0.2, 0.25) is 0 Å². The SMILES string of the molecule is C=CCCCCCCCCC1CC(CC(O)COC)C(=O)O1. The molecule has 1 saturated heterocycles. The quantitative estimate of drug-likeness (QED) is 0.320. The van der Waals surface area contributed by atoms with E-state index in [-0.39, 0.29) is 24.6 Å². The van der Waals surface area contributed by atoms with Crippen LogP contribution in [0.15, 0.2) is 12.7 Å². The molecular weight excluding hydrogens is 280 g/mol. The maximum Gasteiger partial charge on any atom is 0.309 e. The average Bonchev–Trinajstić information content (AvgIpc) is 2.82. The van der Waals surface area contributed by atoms with Gasteiger partial charge in [-0.2, -0.15) is 0 Å². The Bertz CT molecular complexity index is 316. The minimum absolute atomic E-state index is 0.0491. The Morgan fingerprint density at radius 2 is 2.00 bits per heavy atom. The Balaban J connectivity index is 2.05. The second kappa shape index (κ2) is 11.7. The number of unbranched alkanes of at least 4 members (excludes halogenated alkanes) is 6. The Kier molecular flexibility index (Phi) is 10.2. The Hall–Kier alpha value is -0.870. The average molecular weight is 312 g/mol. The minimum Gasteiger partial charge on any atom is -0.462 e. The molecule has 1 aliphatic rings. The van der Waals surface area contributed by atoms with Gasteiger partial charge in [0.15, 0.2) is 0 Å². The van der Waals surface area contributed by atoms with Crippen molar-refractivity contribution < 1.29 is 19.4 Å². The monoisotopic (exact) mass is 312 g/mol. The van der Waals surface area contributed by atoms with Crippen molar-refractivity contribution in [2.75, 3.05) is 13.7 Å². The van der Waals surface area contributed by atoms with Gasteiger partial charge in [0.2, 0.25) is 0 Å². The Morgan fingerprint density at radius 3 is 2.68 bits per heavy atom. The van der Waals surface area contributed by atoms with Crippen molar-refractivity contribution in [1.82, 2.24) is 0 Å². The van der Waals surface area contributed by atoms with E-state index in [4.69, 9.17) is 9.47 Å². The molecule has 0 aromatic carbocycles. The summed E-state index contributed by atoms with van der Waals surface area (Å²) >= 11 is 0. The first-order chi connectivity index (χ1) is 10.7. The smallest absolute Gasteiger partial charge is 0.309 e. The molecule has 3 unspecified atom stereocenters. The van der Waals surface area contributed by atoms with Gasteiger partial charge < -0.3 is 14.6 Å². The number of carbonyl (C=O) groups is 1. The molecule has 0 aliphatic carbocycles. The van der Waals surface area contributed by atoms with E-state index in [2.05, 4.69) is 6.58 Å². The molecule has 0 aromatic heterocycles. The summed E-state index contributed by atoms with van der Waals surface area (Å²) in [4.78, 5) is 11.8. The van der Waals surface area contributed by atoms with Gasteiger partial charge in [-0.25, -0.2) is 0 Å². The summed E-state index contributed by atoms with van der Waals surface area (Å²) in [6.07, 6.45) is 12.1. The van der Waals surface area contributed by atoms with E-state index in [0.29, 0.717) is 6.42 Å². The summed E-state index contributed by atoms with van der Waals surface area (Å²) in [5.74, 6) is -0.307. The van der Waals surface area contributed by atoms with Gasteiger partial charge in [0, 0.05) is 7.11 Å². The van der Waals surface area contributed by atoms with Crippen molar-refractivity contribution in [3.05, 3.63) is 12.7 Å². The zero-order chi connectivity index (χ0) is 16.2. The molecule has 3 atom stereocenters. The van der Waals surface area contributed by atoms with Crippen LogP contribution in [0.3, 0.4) is 0 Å². The second-order valence-corrected chi connectivity index (χ2v) is 6.32. The van der Waals surface area contributed by atoms with Crippen molar-refractivity contribution in [3.8, 4) is 0 Å². The number of aliphatic hydroxyl groups is 1. The van der Waals surface area contributed by atoms with Crippen LogP contribution in [0.25, 0.3) is 0 Å². The third-order valence-corrected chi connectivity index (χ3v) is 4.26. The number of hydrogen-bond donors (Lipinski definition) is 1. The van der Waals surface area contributed by atoms with Gasteiger partial charge in [-0.1, -0.05) is 31.8 Å². The van der Waals surface area contributed by atoms with Crippen LogP contribution in [0.4, 0.5) is 0 Å². The van der Waals surface area contributed by atoms with Gasteiger partial charge in [-0.15, -0.1) is 6.58 Å². The molecule has 1 heterocycles. The van der Waals surface area contributed by atoms with Crippen LogP contribution < -0.4 is 0 Å². The van der Waals surface area contributed by atoms with Crippen molar-refractivity contribution in [2.45, 2.75) is 76.4 Å². The number of esters is 1. The lowest BCUT2D eigenvalue weighted by Gasteiger charge is -2.11. The first kappa shape index (κ1) is 19.2. The number of rotatable bonds is 13. The third kappa shape index (κ3) is 7.95. The maximum atomic E-state index is 11.8. The maximum absolute atomic E-state index is 11.8. The molecule has 0 spiro atoms. The predicted molar refractivity (Wildman–Crippen MR) is 87.6 cm³/mol. The first-order valence-corrected chi connectivity index (χ1v) is 8.65. The van der Waals surface area contributed by atoms with Crippen molar-refractivity contribution >= 4 is 5.97 Å². The highest BCUT2D eigenvalue weighted by Gasteiger charge is 2.35. The molecule has 22 heavy (non-hydrogen) atoms. The fourth-order valence-electron chi connectivity index (χ4n) is 3.05. The van der Waals surface area contributed by atoms with Gasteiger partial charge >= 0.3 is 5.97 Å². The largest absolute Gasteiger partial charge is 0.462 e. The highest BCUT2D eigenvalue weighted by atomic mass is 16.6. The molecule has 0 radical (unpaired) electrons. The van der Waals surface area contributed by atoms with Crippen LogP contribution in [0.5, 0.6) is 0 Å². The number of cyclic esters (lactones) is 1. The van der Waals surface area contributed by atoms with Gasteiger partial charge in [0.05, 0.1) is 18.6 Å². The van der Waals surface area contributed by atoms with Crippen molar-refractivity contribution in [2.24, 2.45) is 5.92 Å². The number of hydrogen-bond acceptors (Lipinski definition) is 4. The molecular formula is C18H32O4. The summed E-state index contributed by atoms with van der Waals surface area (Å²) in [6.45, 7) is 4.01. The molecule has 1 N–H and O–H groups in total. The first-order valence-electron chi connectivity index (χ1n) is 8.65. The fraction of sp³-hybridized carbons (Fsp3) is 0.833. The zero-order valence-corrected chi connectivity index (χ0v) is 14.0. The standard InChI is InChI=1S/C18H32O4/c1-3-4-5-6-7-8-9-10-11-17-13-15(18(20)22-17)12-16(19)14-21-2/h3,15-17,19H,1,4-14H2,2H3. The zero-order valence-electron chi connectivity index (χ0n) is 14.0. The number of ether oxygens (including phenoxy) is 2. The van der Waals surface area contributed by atoms with Crippen molar-refractivity contribution in [3.63, 3.8) is 0 Å². The van der Waals surface area contributed by atoms with Crippen LogP contribution in [0, 0.1) is 5.92 Å². The molecule has 4 nitrogen and oxygen atoms in total. The number of methoxy groups -OCH3 is 1. The molecule has 1 fully saturated rings. The number of carbonyl (C=O) groups excluding carboxylic acids is 1. The van der Waals surface area contributed by atoms with Crippen LogP contribution in [0.1, 0.15) is 64.2 Å². The third-order valence-electron chi connectivity index (χ3n) is 4.26. The minimum atomic E-state index is -0.572. The number of aliphatic hydroxyl groups excluding tert-OH is 1. The molecule has 0 saturated carbocycles. The lowest BCUT2D eigenvalue weighted by Crippen LogP contribution is -2.21. The second-order valence-electron chi connectivity index (χ2n) is 6.32. The van der Waals surface area contributed by atoms with E-state index in [9.17, 15) is 9.90 Å². The van der Waals surface area contributed by atoms with E-state index in [0.717, 1.165) is 25.7 Å². The summed E-state index contributed by atoms with van der Waals surface area (Å²) in [6, 6.07) is 0. The molecule has 128 valence electrons.